The van der Waals surface area contributed by atoms with Gasteiger partial charge in [0, 0.05) is 19.6 Å². The average molecular weight is 336 g/mol. The molecule has 0 saturated heterocycles. The molecule has 1 amide bonds. The van der Waals surface area contributed by atoms with Gasteiger partial charge in [0.05, 0.1) is 12.1 Å². The Hall–Kier alpha value is -1.59. The number of rotatable bonds is 10. The molecule has 0 aromatic heterocycles. The van der Waals surface area contributed by atoms with E-state index in [1.807, 2.05) is 32.0 Å². The Balaban J connectivity index is 2.76. The van der Waals surface area contributed by atoms with Crippen molar-refractivity contribution in [1.82, 2.24) is 10.2 Å². The molecule has 2 atom stereocenters. The Morgan fingerprint density at radius 2 is 1.71 bits per heavy atom. The van der Waals surface area contributed by atoms with Gasteiger partial charge in [-0.05, 0) is 23.8 Å². The minimum Gasteiger partial charge on any atom is -0.465 e. The van der Waals surface area contributed by atoms with Crippen LogP contribution < -0.4 is 5.32 Å². The molecule has 1 rings (SSSR count). The first-order valence-electron chi connectivity index (χ1n) is 8.71. The van der Waals surface area contributed by atoms with E-state index >= 15 is 0 Å². The van der Waals surface area contributed by atoms with Crippen molar-refractivity contribution in [2.24, 2.45) is 11.8 Å². The Kier molecular flexibility index (Phi) is 8.79. The van der Waals surface area contributed by atoms with Crippen molar-refractivity contribution < 1.29 is 15.0 Å². The lowest BCUT2D eigenvalue weighted by molar-refractivity contribution is 0.0636. The van der Waals surface area contributed by atoms with Crippen LogP contribution in [0.1, 0.15) is 39.7 Å². The van der Waals surface area contributed by atoms with Crippen LogP contribution in [0.15, 0.2) is 30.3 Å². The second-order valence-corrected chi connectivity index (χ2v) is 7.33. The molecule has 0 bridgehead atoms. The van der Waals surface area contributed by atoms with E-state index in [9.17, 15) is 9.90 Å². The SMILES string of the molecule is CC(C)C[C@H](NC(=O)O)C(O)CN(Cc1ccccc1)CC(C)C. The third kappa shape index (κ3) is 8.31. The van der Waals surface area contributed by atoms with Gasteiger partial charge >= 0.3 is 6.09 Å². The van der Waals surface area contributed by atoms with Crippen LogP contribution in [0.3, 0.4) is 0 Å². The van der Waals surface area contributed by atoms with Crippen molar-refractivity contribution >= 4 is 6.09 Å². The van der Waals surface area contributed by atoms with Crippen LogP contribution in [0.2, 0.25) is 0 Å². The predicted molar refractivity (Wildman–Crippen MR) is 97.0 cm³/mol. The largest absolute Gasteiger partial charge is 0.465 e. The van der Waals surface area contributed by atoms with Gasteiger partial charge in [-0.2, -0.15) is 0 Å². The zero-order valence-corrected chi connectivity index (χ0v) is 15.3. The fraction of sp³-hybridized carbons (Fsp3) is 0.632. The van der Waals surface area contributed by atoms with E-state index in [2.05, 4.69) is 36.2 Å². The van der Waals surface area contributed by atoms with Crippen LogP contribution in [0, 0.1) is 11.8 Å². The highest BCUT2D eigenvalue weighted by Gasteiger charge is 2.24. The number of hydrogen-bond donors (Lipinski definition) is 3. The summed E-state index contributed by atoms with van der Waals surface area (Å²) in [6, 6.07) is 9.69. The molecule has 1 unspecified atom stereocenters. The van der Waals surface area contributed by atoms with Crippen LogP contribution in [0.25, 0.3) is 0 Å². The highest BCUT2D eigenvalue weighted by molar-refractivity contribution is 5.64. The molecule has 0 saturated carbocycles. The molecular formula is C19H32N2O3. The molecule has 0 aliphatic rings. The second kappa shape index (κ2) is 10.3. The molecule has 5 heteroatoms. The number of carboxylic acid groups (broad SMARTS) is 1. The Bertz CT molecular complexity index is 477. The number of aliphatic hydroxyl groups is 1. The first kappa shape index (κ1) is 20.5. The molecule has 5 nitrogen and oxygen atoms in total. The van der Waals surface area contributed by atoms with E-state index in [4.69, 9.17) is 5.11 Å². The van der Waals surface area contributed by atoms with Crippen molar-refractivity contribution in [3.8, 4) is 0 Å². The molecular weight excluding hydrogens is 304 g/mol. The number of carbonyl (C=O) groups is 1. The summed E-state index contributed by atoms with van der Waals surface area (Å²) in [6.07, 6.45) is -1.20. The number of hydrogen-bond acceptors (Lipinski definition) is 3. The number of benzene rings is 1. The van der Waals surface area contributed by atoms with E-state index < -0.39 is 18.2 Å². The summed E-state index contributed by atoms with van der Waals surface area (Å²) in [5.74, 6) is 0.779. The number of nitrogens with zero attached hydrogens (tertiary/aromatic N) is 1. The van der Waals surface area contributed by atoms with Crippen LogP contribution in [0.5, 0.6) is 0 Å². The lowest BCUT2D eigenvalue weighted by Gasteiger charge is -2.31. The maximum atomic E-state index is 11.0. The molecule has 0 spiro atoms. The monoisotopic (exact) mass is 336 g/mol. The topological polar surface area (TPSA) is 72.8 Å². The van der Waals surface area contributed by atoms with Gasteiger partial charge in [0.25, 0.3) is 0 Å². The lowest BCUT2D eigenvalue weighted by atomic mass is 9.98. The summed E-state index contributed by atoms with van der Waals surface area (Å²) >= 11 is 0. The molecule has 3 N–H and O–H groups in total. The van der Waals surface area contributed by atoms with Crippen molar-refractivity contribution in [3.05, 3.63) is 35.9 Å². The maximum absolute atomic E-state index is 11.0. The van der Waals surface area contributed by atoms with Crippen molar-refractivity contribution in [2.45, 2.75) is 52.8 Å². The van der Waals surface area contributed by atoms with Gasteiger partial charge in [-0.1, -0.05) is 58.0 Å². The van der Waals surface area contributed by atoms with Gasteiger partial charge in [-0.25, -0.2) is 4.79 Å². The predicted octanol–water partition coefficient (Wildman–Crippen LogP) is 3.19. The normalized spacial score (nSPS) is 14.2. The molecule has 0 aliphatic heterocycles. The minimum absolute atomic E-state index is 0.309. The summed E-state index contributed by atoms with van der Waals surface area (Å²) in [6.45, 7) is 10.4. The van der Waals surface area contributed by atoms with E-state index in [0.29, 0.717) is 24.8 Å². The Morgan fingerprint density at radius 1 is 1.08 bits per heavy atom. The number of nitrogens with one attached hydrogen (secondary N) is 1. The molecule has 1 aromatic carbocycles. The standard InChI is InChI=1S/C19H32N2O3/c1-14(2)10-17(20-19(23)24)18(22)13-21(11-15(3)4)12-16-8-6-5-7-9-16/h5-9,14-15,17-18,20,22H,10-13H2,1-4H3,(H,23,24)/t17-,18?/m0/s1. The molecule has 24 heavy (non-hydrogen) atoms. The Labute approximate surface area is 145 Å². The molecule has 0 heterocycles. The van der Waals surface area contributed by atoms with Gasteiger partial charge < -0.3 is 15.5 Å². The molecule has 136 valence electrons. The zero-order chi connectivity index (χ0) is 18.1. The van der Waals surface area contributed by atoms with Gasteiger partial charge in [-0.3, -0.25) is 4.90 Å². The summed E-state index contributed by atoms with van der Waals surface area (Å²) < 4.78 is 0. The van der Waals surface area contributed by atoms with E-state index in [1.54, 1.807) is 0 Å². The fourth-order valence-electron chi connectivity index (χ4n) is 2.93. The van der Waals surface area contributed by atoms with Gasteiger partial charge in [0.1, 0.15) is 0 Å². The third-order valence-corrected chi connectivity index (χ3v) is 3.82. The van der Waals surface area contributed by atoms with Crippen LogP contribution in [-0.2, 0) is 6.54 Å². The highest BCUT2D eigenvalue weighted by atomic mass is 16.4. The summed E-state index contributed by atoms with van der Waals surface area (Å²) in [5, 5.41) is 22.1. The summed E-state index contributed by atoms with van der Waals surface area (Å²) in [7, 11) is 0. The highest BCUT2D eigenvalue weighted by Crippen LogP contribution is 2.13. The summed E-state index contributed by atoms with van der Waals surface area (Å²) in [5.41, 5.74) is 1.19. The zero-order valence-electron chi connectivity index (χ0n) is 15.3. The quantitative estimate of drug-likeness (QED) is 0.613. The van der Waals surface area contributed by atoms with Crippen LogP contribution >= 0.6 is 0 Å². The van der Waals surface area contributed by atoms with E-state index in [1.165, 1.54) is 5.56 Å². The van der Waals surface area contributed by atoms with Crippen LogP contribution in [-0.4, -0.2) is 46.4 Å². The number of amides is 1. The maximum Gasteiger partial charge on any atom is 0.404 e. The first-order valence-corrected chi connectivity index (χ1v) is 8.71. The number of aliphatic hydroxyl groups excluding tert-OH is 1. The fourth-order valence-corrected chi connectivity index (χ4v) is 2.93. The average Bonchev–Trinajstić information content (AvgIpc) is 2.45. The molecule has 0 radical (unpaired) electrons. The van der Waals surface area contributed by atoms with E-state index in [0.717, 1.165) is 13.1 Å². The van der Waals surface area contributed by atoms with E-state index in [-0.39, 0.29) is 0 Å². The van der Waals surface area contributed by atoms with Gasteiger partial charge in [0.2, 0.25) is 0 Å². The molecule has 0 aliphatic carbocycles. The lowest BCUT2D eigenvalue weighted by Crippen LogP contribution is -2.49. The molecule has 0 fully saturated rings. The second-order valence-electron chi connectivity index (χ2n) is 7.33. The minimum atomic E-state index is -1.09. The Morgan fingerprint density at radius 3 is 2.21 bits per heavy atom. The van der Waals surface area contributed by atoms with Crippen molar-refractivity contribution in [1.29, 1.82) is 0 Å². The van der Waals surface area contributed by atoms with Crippen molar-refractivity contribution in [3.63, 3.8) is 0 Å². The van der Waals surface area contributed by atoms with Gasteiger partial charge in [0.15, 0.2) is 0 Å². The van der Waals surface area contributed by atoms with Crippen LogP contribution in [0.4, 0.5) is 4.79 Å². The van der Waals surface area contributed by atoms with Gasteiger partial charge in [-0.15, -0.1) is 0 Å². The smallest absolute Gasteiger partial charge is 0.404 e. The summed E-state index contributed by atoms with van der Waals surface area (Å²) in [4.78, 5) is 13.2. The first-order chi connectivity index (χ1) is 11.3. The van der Waals surface area contributed by atoms with Crippen molar-refractivity contribution in [2.75, 3.05) is 13.1 Å². The third-order valence-electron chi connectivity index (χ3n) is 3.82. The molecule has 1 aromatic rings.